The van der Waals surface area contributed by atoms with E-state index in [2.05, 4.69) is 25.1 Å². The van der Waals surface area contributed by atoms with Gasteiger partial charge in [0.2, 0.25) is 0 Å². The third-order valence-corrected chi connectivity index (χ3v) is 2.02. The summed E-state index contributed by atoms with van der Waals surface area (Å²) in [5.74, 6) is 0. The van der Waals surface area contributed by atoms with Crippen molar-refractivity contribution in [1.29, 1.82) is 0 Å². The predicted octanol–water partition coefficient (Wildman–Crippen LogP) is 2.50. The van der Waals surface area contributed by atoms with Crippen molar-refractivity contribution < 1.29 is 4.74 Å². The average Bonchev–Trinajstić information content (AvgIpc) is 2.06. The van der Waals surface area contributed by atoms with Gasteiger partial charge in [0.05, 0.1) is 6.26 Å². The maximum Gasteiger partial charge on any atom is 0.113 e. The molecule has 0 spiro atoms. The van der Waals surface area contributed by atoms with Gasteiger partial charge in [-0.15, -0.1) is 0 Å². The first-order valence-electron chi connectivity index (χ1n) is 3.74. The first-order valence-corrected chi connectivity index (χ1v) is 3.74. The standard InChI is InChI=1S/C10H10O/c1-8-3-2-4-9-5-6-11-7-10(8)9/h2-6H,7H2,1H3. The van der Waals surface area contributed by atoms with Gasteiger partial charge in [0.1, 0.15) is 6.61 Å². The number of hydrogen-bond donors (Lipinski definition) is 0. The molecule has 0 saturated heterocycles. The van der Waals surface area contributed by atoms with Crippen LogP contribution in [0.25, 0.3) is 6.08 Å². The van der Waals surface area contributed by atoms with Gasteiger partial charge in [-0.25, -0.2) is 0 Å². The van der Waals surface area contributed by atoms with Crippen molar-refractivity contribution in [1.82, 2.24) is 0 Å². The van der Waals surface area contributed by atoms with Crippen LogP contribution in [0.1, 0.15) is 16.7 Å². The van der Waals surface area contributed by atoms with Crippen LogP contribution in [-0.2, 0) is 11.3 Å². The fourth-order valence-corrected chi connectivity index (χ4v) is 1.33. The molecule has 0 radical (unpaired) electrons. The molecule has 0 aliphatic carbocycles. The number of fused-ring (bicyclic) bond motifs is 1. The smallest absolute Gasteiger partial charge is 0.113 e. The molecular weight excluding hydrogens is 136 g/mol. The minimum atomic E-state index is 0.721. The first kappa shape index (κ1) is 6.47. The molecule has 1 aromatic rings. The van der Waals surface area contributed by atoms with Crippen LogP contribution in [0.5, 0.6) is 0 Å². The lowest BCUT2D eigenvalue weighted by Gasteiger charge is -2.13. The van der Waals surface area contributed by atoms with E-state index in [9.17, 15) is 0 Å². The molecular formula is C10H10O. The summed E-state index contributed by atoms with van der Waals surface area (Å²) in [7, 11) is 0. The Balaban J connectivity index is 2.60. The highest BCUT2D eigenvalue weighted by Gasteiger charge is 2.05. The maximum atomic E-state index is 5.20. The maximum absolute atomic E-state index is 5.20. The average molecular weight is 146 g/mol. The Morgan fingerprint density at radius 1 is 1.36 bits per heavy atom. The second-order valence-electron chi connectivity index (χ2n) is 2.76. The first-order chi connectivity index (χ1) is 5.38. The minimum Gasteiger partial charge on any atom is -0.496 e. The molecule has 1 heterocycles. The van der Waals surface area contributed by atoms with Crippen molar-refractivity contribution in [2.45, 2.75) is 13.5 Å². The molecule has 0 bridgehead atoms. The number of aryl methyl sites for hydroxylation is 1. The highest BCUT2D eigenvalue weighted by atomic mass is 16.5. The summed E-state index contributed by atoms with van der Waals surface area (Å²) < 4.78 is 5.20. The molecule has 1 aliphatic heterocycles. The molecule has 0 atom stereocenters. The summed E-state index contributed by atoms with van der Waals surface area (Å²) in [6.45, 7) is 2.83. The highest BCUT2D eigenvalue weighted by Crippen LogP contribution is 2.20. The van der Waals surface area contributed by atoms with Gasteiger partial charge in [-0.05, 0) is 29.7 Å². The largest absolute Gasteiger partial charge is 0.496 e. The van der Waals surface area contributed by atoms with E-state index >= 15 is 0 Å². The predicted molar refractivity (Wildman–Crippen MR) is 45.0 cm³/mol. The zero-order chi connectivity index (χ0) is 7.68. The molecule has 1 aromatic carbocycles. The van der Waals surface area contributed by atoms with Gasteiger partial charge in [-0.1, -0.05) is 18.2 Å². The van der Waals surface area contributed by atoms with E-state index in [0.29, 0.717) is 0 Å². The molecule has 56 valence electrons. The van der Waals surface area contributed by atoms with E-state index in [4.69, 9.17) is 4.74 Å². The molecule has 0 aromatic heterocycles. The second-order valence-corrected chi connectivity index (χ2v) is 2.76. The van der Waals surface area contributed by atoms with E-state index in [1.165, 1.54) is 16.7 Å². The Bertz CT molecular complexity index is 300. The van der Waals surface area contributed by atoms with E-state index in [0.717, 1.165) is 6.61 Å². The van der Waals surface area contributed by atoms with Gasteiger partial charge in [0, 0.05) is 0 Å². The summed E-state index contributed by atoms with van der Waals surface area (Å²) in [5.41, 5.74) is 3.91. The molecule has 2 rings (SSSR count). The Morgan fingerprint density at radius 3 is 3.09 bits per heavy atom. The van der Waals surface area contributed by atoms with Crippen molar-refractivity contribution >= 4 is 6.08 Å². The number of benzene rings is 1. The third-order valence-electron chi connectivity index (χ3n) is 2.02. The number of ether oxygens (including phenoxy) is 1. The van der Waals surface area contributed by atoms with E-state index in [1.54, 1.807) is 6.26 Å². The molecule has 0 unspecified atom stereocenters. The van der Waals surface area contributed by atoms with Gasteiger partial charge in [-0.2, -0.15) is 0 Å². The molecule has 0 amide bonds. The van der Waals surface area contributed by atoms with Gasteiger partial charge >= 0.3 is 0 Å². The summed E-state index contributed by atoms with van der Waals surface area (Å²) in [6.07, 6.45) is 3.76. The lowest BCUT2D eigenvalue weighted by Crippen LogP contribution is -1.98. The number of rotatable bonds is 0. The molecule has 0 saturated carbocycles. The van der Waals surface area contributed by atoms with Crippen LogP contribution in [0.15, 0.2) is 24.5 Å². The van der Waals surface area contributed by atoms with Crippen molar-refractivity contribution in [3.05, 3.63) is 41.2 Å². The topological polar surface area (TPSA) is 9.23 Å². The normalized spacial score (nSPS) is 13.9. The summed E-state index contributed by atoms with van der Waals surface area (Å²) >= 11 is 0. The van der Waals surface area contributed by atoms with Gasteiger partial charge < -0.3 is 4.74 Å². The molecule has 1 heteroatoms. The van der Waals surface area contributed by atoms with Crippen LogP contribution in [-0.4, -0.2) is 0 Å². The monoisotopic (exact) mass is 146 g/mol. The van der Waals surface area contributed by atoms with Crippen LogP contribution >= 0.6 is 0 Å². The number of hydrogen-bond acceptors (Lipinski definition) is 1. The van der Waals surface area contributed by atoms with Crippen LogP contribution < -0.4 is 0 Å². The highest BCUT2D eigenvalue weighted by molar-refractivity contribution is 5.56. The Morgan fingerprint density at radius 2 is 2.27 bits per heavy atom. The molecule has 1 nitrogen and oxygen atoms in total. The van der Waals surface area contributed by atoms with E-state index < -0.39 is 0 Å². The fraction of sp³-hybridized carbons (Fsp3) is 0.200. The van der Waals surface area contributed by atoms with Crippen LogP contribution in [0.3, 0.4) is 0 Å². The molecule has 1 aliphatic rings. The zero-order valence-corrected chi connectivity index (χ0v) is 6.50. The quantitative estimate of drug-likeness (QED) is 0.546. The molecule has 11 heavy (non-hydrogen) atoms. The van der Waals surface area contributed by atoms with Gasteiger partial charge in [0.25, 0.3) is 0 Å². The van der Waals surface area contributed by atoms with Crippen molar-refractivity contribution in [3.8, 4) is 0 Å². The SMILES string of the molecule is Cc1cccc2c1COC=C2. The Kier molecular flexibility index (Phi) is 1.42. The van der Waals surface area contributed by atoms with Crippen molar-refractivity contribution in [2.75, 3.05) is 0 Å². The molecule has 0 fully saturated rings. The van der Waals surface area contributed by atoms with Crippen molar-refractivity contribution in [2.24, 2.45) is 0 Å². The lowest BCUT2D eigenvalue weighted by atomic mass is 10.0. The lowest BCUT2D eigenvalue weighted by molar-refractivity contribution is 0.234. The van der Waals surface area contributed by atoms with E-state index in [-0.39, 0.29) is 0 Å². The van der Waals surface area contributed by atoms with Gasteiger partial charge in [0.15, 0.2) is 0 Å². The van der Waals surface area contributed by atoms with E-state index in [1.807, 2.05) is 6.08 Å². The van der Waals surface area contributed by atoms with Crippen LogP contribution in [0, 0.1) is 6.92 Å². The van der Waals surface area contributed by atoms with Crippen LogP contribution in [0.2, 0.25) is 0 Å². The molecule has 0 N–H and O–H groups in total. The zero-order valence-electron chi connectivity index (χ0n) is 6.50. The van der Waals surface area contributed by atoms with Crippen molar-refractivity contribution in [3.63, 3.8) is 0 Å². The fourth-order valence-electron chi connectivity index (χ4n) is 1.33. The second kappa shape index (κ2) is 2.42. The third kappa shape index (κ3) is 1.03. The summed E-state index contributed by atoms with van der Waals surface area (Å²) in [6, 6.07) is 6.30. The minimum absolute atomic E-state index is 0.721. The Labute approximate surface area is 66.3 Å². The summed E-state index contributed by atoms with van der Waals surface area (Å²) in [5, 5.41) is 0. The Hall–Kier alpha value is -1.24. The van der Waals surface area contributed by atoms with Gasteiger partial charge in [-0.3, -0.25) is 0 Å². The van der Waals surface area contributed by atoms with Crippen LogP contribution in [0.4, 0.5) is 0 Å². The summed E-state index contributed by atoms with van der Waals surface area (Å²) in [4.78, 5) is 0.